The molecule has 2 aromatic heterocycles. The molecule has 0 aromatic carbocycles. The second-order valence-corrected chi connectivity index (χ2v) is 3.11. The van der Waals surface area contributed by atoms with Gasteiger partial charge < -0.3 is 5.32 Å². The van der Waals surface area contributed by atoms with Gasteiger partial charge in [0.25, 0.3) is 5.91 Å². The van der Waals surface area contributed by atoms with E-state index in [4.69, 9.17) is 0 Å². The van der Waals surface area contributed by atoms with Crippen molar-refractivity contribution in [3.8, 4) is 0 Å². The lowest BCUT2D eigenvalue weighted by molar-refractivity contribution is 0.0940. The summed E-state index contributed by atoms with van der Waals surface area (Å²) < 4.78 is 0. The number of nitrogens with one attached hydrogen (secondary N) is 1. The number of aromatic nitrogens is 3. The van der Waals surface area contributed by atoms with Gasteiger partial charge in [-0.15, -0.1) is 12.4 Å². The van der Waals surface area contributed by atoms with Crippen molar-refractivity contribution in [3.05, 3.63) is 54.4 Å². The molecule has 6 heteroatoms. The molecular weight excluding hydrogens is 240 g/mol. The van der Waals surface area contributed by atoms with Crippen LogP contribution in [0.5, 0.6) is 0 Å². The minimum atomic E-state index is -0.280. The van der Waals surface area contributed by atoms with E-state index in [0.29, 0.717) is 6.54 Å². The summed E-state index contributed by atoms with van der Waals surface area (Å²) in [6, 6.07) is 5.35. The van der Waals surface area contributed by atoms with Crippen LogP contribution >= 0.6 is 12.4 Å². The molecular formula is C11H11ClN4O. The molecule has 5 nitrogen and oxygen atoms in total. The largest absolute Gasteiger partial charge is 0.345 e. The summed E-state index contributed by atoms with van der Waals surface area (Å²) in [5.74, 6) is -0.103. The van der Waals surface area contributed by atoms with Crippen LogP contribution in [0, 0.1) is 0 Å². The SMILES string of the molecule is Cl.O=C(NCc1ccncc1)c1ncccn1. The monoisotopic (exact) mass is 250 g/mol. The average Bonchev–Trinajstić information content (AvgIpc) is 2.38. The Kier molecular flexibility index (Phi) is 5.03. The van der Waals surface area contributed by atoms with E-state index >= 15 is 0 Å². The molecule has 2 rings (SSSR count). The predicted octanol–water partition coefficient (Wildman–Crippen LogP) is 1.22. The molecule has 0 bridgehead atoms. The number of carbonyl (C=O) groups is 1. The quantitative estimate of drug-likeness (QED) is 0.890. The van der Waals surface area contributed by atoms with Gasteiger partial charge in [-0.05, 0) is 23.8 Å². The Morgan fingerprint density at radius 3 is 2.41 bits per heavy atom. The van der Waals surface area contributed by atoms with Crippen molar-refractivity contribution in [2.75, 3.05) is 0 Å². The highest BCUT2D eigenvalue weighted by atomic mass is 35.5. The molecule has 0 radical (unpaired) electrons. The second kappa shape index (κ2) is 6.55. The molecule has 2 aromatic rings. The maximum atomic E-state index is 11.6. The smallest absolute Gasteiger partial charge is 0.289 e. The molecule has 0 fully saturated rings. The molecule has 0 atom stereocenters. The van der Waals surface area contributed by atoms with Crippen LogP contribution in [0.3, 0.4) is 0 Å². The third kappa shape index (κ3) is 3.81. The number of halogens is 1. The van der Waals surface area contributed by atoms with Crippen LogP contribution in [0.2, 0.25) is 0 Å². The van der Waals surface area contributed by atoms with Crippen LogP contribution < -0.4 is 5.32 Å². The first kappa shape index (κ1) is 13.1. The zero-order valence-electron chi connectivity index (χ0n) is 8.91. The highest BCUT2D eigenvalue weighted by Gasteiger charge is 2.06. The van der Waals surface area contributed by atoms with Gasteiger partial charge in [-0.2, -0.15) is 0 Å². The maximum absolute atomic E-state index is 11.6. The fraction of sp³-hybridized carbons (Fsp3) is 0.0909. The van der Waals surface area contributed by atoms with E-state index in [2.05, 4.69) is 20.3 Å². The van der Waals surface area contributed by atoms with Gasteiger partial charge in [-0.25, -0.2) is 9.97 Å². The number of amides is 1. The lowest BCUT2D eigenvalue weighted by Gasteiger charge is -2.03. The maximum Gasteiger partial charge on any atom is 0.289 e. The van der Waals surface area contributed by atoms with Gasteiger partial charge in [0.1, 0.15) is 0 Å². The molecule has 1 N–H and O–H groups in total. The molecule has 88 valence electrons. The number of hydrogen-bond donors (Lipinski definition) is 1. The minimum Gasteiger partial charge on any atom is -0.345 e. The van der Waals surface area contributed by atoms with Crippen molar-refractivity contribution in [1.29, 1.82) is 0 Å². The Morgan fingerprint density at radius 2 is 1.76 bits per heavy atom. The molecule has 0 saturated carbocycles. The minimum absolute atomic E-state index is 0. The molecule has 0 saturated heterocycles. The Morgan fingerprint density at radius 1 is 1.12 bits per heavy atom. The molecule has 0 aliphatic heterocycles. The van der Waals surface area contributed by atoms with Crippen LogP contribution in [0.25, 0.3) is 0 Å². The standard InChI is InChI=1S/C11H10N4O.ClH/c16-11(10-13-4-1-5-14-10)15-8-9-2-6-12-7-3-9;/h1-7H,8H2,(H,15,16);1H. The van der Waals surface area contributed by atoms with Gasteiger partial charge in [0.2, 0.25) is 5.82 Å². The van der Waals surface area contributed by atoms with Gasteiger partial charge in [-0.3, -0.25) is 9.78 Å². The molecule has 0 spiro atoms. The third-order valence-corrected chi connectivity index (χ3v) is 1.97. The van der Waals surface area contributed by atoms with E-state index in [-0.39, 0.29) is 24.1 Å². The number of hydrogen-bond acceptors (Lipinski definition) is 4. The van der Waals surface area contributed by atoms with Gasteiger partial charge in [0.05, 0.1) is 0 Å². The third-order valence-electron chi connectivity index (χ3n) is 1.97. The normalized spacial score (nSPS) is 9.18. The van der Waals surface area contributed by atoms with E-state index < -0.39 is 0 Å². The Labute approximate surface area is 105 Å². The van der Waals surface area contributed by atoms with Gasteiger partial charge in [0, 0.05) is 31.3 Å². The van der Waals surface area contributed by atoms with Crippen LogP contribution in [-0.4, -0.2) is 20.9 Å². The zero-order valence-corrected chi connectivity index (χ0v) is 9.72. The summed E-state index contributed by atoms with van der Waals surface area (Å²) in [5.41, 5.74) is 0.985. The first-order valence-corrected chi connectivity index (χ1v) is 4.80. The summed E-state index contributed by atoms with van der Waals surface area (Å²) >= 11 is 0. The fourth-order valence-corrected chi connectivity index (χ4v) is 1.18. The topological polar surface area (TPSA) is 67.8 Å². The van der Waals surface area contributed by atoms with Crippen molar-refractivity contribution in [3.63, 3.8) is 0 Å². The van der Waals surface area contributed by atoms with Crippen molar-refractivity contribution >= 4 is 18.3 Å². The van der Waals surface area contributed by atoms with Crippen molar-refractivity contribution < 1.29 is 4.79 Å². The number of rotatable bonds is 3. The number of pyridine rings is 1. The molecule has 17 heavy (non-hydrogen) atoms. The predicted molar refractivity (Wildman–Crippen MR) is 64.7 cm³/mol. The van der Waals surface area contributed by atoms with Gasteiger partial charge in [-0.1, -0.05) is 0 Å². The fourth-order valence-electron chi connectivity index (χ4n) is 1.18. The summed E-state index contributed by atoms with van der Waals surface area (Å²) in [4.78, 5) is 23.2. The van der Waals surface area contributed by atoms with E-state index in [9.17, 15) is 4.79 Å². The van der Waals surface area contributed by atoms with Crippen LogP contribution in [0.4, 0.5) is 0 Å². The first-order chi connectivity index (χ1) is 7.86. The van der Waals surface area contributed by atoms with Crippen LogP contribution in [0.15, 0.2) is 43.0 Å². The summed E-state index contributed by atoms with van der Waals surface area (Å²) in [7, 11) is 0. The Hall–Kier alpha value is -2.01. The zero-order chi connectivity index (χ0) is 11.2. The molecule has 1 amide bonds. The van der Waals surface area contributed by atoms with Crippen molar-refractivity contribution in [2.24, 2.45) is 0 Å². The first-order valence-electron chi connectivity index (χ1n) is 4.80. The summed E-state index contributed by atoms with van der Waals surface area (Å²) in [6.45, 7) is 0.444. The number of carbonyl (C=O) groups excluding carboxylic acids is 1. The molecule has 0 aliphatic rings. The highest BCUT2D eigenvalue weighted by Crippen LogP contribution is 1.96. The summed E-state index contributed by atoms with van der Waals surface area (Å²) in [5, 5.41) is 2.72. The van der Waals surface area contributed by atoms with Crippen molar-refractivity contribution in [2.45, 2.75) is 6.54 Å². The number of nitrogens with zero attached hydrogens (tertiary/aromatic N) is 3. The van der Waals surface area contributed by atoms with Crippen LogP contribution in [0.1, 0.15) is 16.2 Å². The van der Waals surface area contributed by atoms with Crippen molar-refractivity contribution in [1.82, 2.24) is 20.3 Å². The second-order valence-electron chi connectivity index (χ2n) is 3.11. The molecule has 0 aliphatic carbocycles. The van der Waals surface area contributed by atoms with Gasteiger partial charge in [0.15, 0.2) is 0 Å². The van der Waals surface area contributed by atoms with E-state index in [0.717, 1.165) is 5.56 Å². The van der Waals surface area contributed by atoms with E-state index in [1.165, 1.54) is 12.4 Å². The lowest BCUT2D eigenvalue weighted by Crippen LogP contribution is -2.24. The molecule has 2 heterocycles. The Balaban J connectivity index is 0.00000144. The lowest BCUT2D eigenvalue weighted by atomic mass is 10.3. The molecule has 0 unspecified atom stereocenters. The van der Waals surface area contributed by atoms with E-state index in [1.54, 1.807) is 18.5 Å². The average molecular weight is 251 g/mol. The summed E-state index contributed by atoms with van der Waals surface area (Å²) in [6.07, 6.45) is 6.43. The highest BCUT2D eigenvalue weighted by molar-refractivity contribution is 5.90. The van der Waals surface area contributed by atoms with E-state index in [1.807, 2.05) is 12.1 Å². The van der Waals surface area contributed by atoms with Crippen LogP contribution in [-0.2, 0) is 6.54 Å². The Bertz CT molecular complexity index is 463. The van der Waals surface area contributed by atoms with Gasteiger partial charge >= 0.3 is 0 Å².